The summed E-state index contributed by atoms with van der Waals surface area (Å²) in [6, 6.07) is 17.5. The van der Waals surface area contributed by atoms with Gasteiger partial charge < -0.3 is 5.32 Å². The Morgan fingerprint density at radius 1 is 1.04 bits per heavy atom. The Hall–Kier alpha value is -3.05. The molecule has 140 valence electrons. The highest BCUT2D eigenvalue weighted by molar-refractivity contribution is 7.21. The fourth-order valence-electron chi connectivity index (χ4n) is 2.96. The molecule has 4 nitrogen and oxygen atoms in total. The van der Waals surface area contributed by atoms with Gasteiger partial charge in [0.05, 0.1) is 10.2 Å². The molecule has 0 spiro atoms. The van der Waals surface area contributed by atoms with Gasteiger partial charge in [-0.2, -0.15) is 0 Å². The molecule has 0 radical (unpaired) electrons. The molecule has 1 amide bonds. The van der Waals surface area contributed by atoms with E-state index >= 15 is 0 Å². The van der Waals surface area contributed by atoms with Gasteiger partial charge in [0.15, 0.2) is 0 Å². The average molecular weight is 388 g/mol. The van der Waals surface area contributed by atoms with E-state index in [1.807, 2.05) is 60.8 Å². The number of anilines is 1. The Labute approximate surface area is 168 Å². The van der Waals surface area contributed by atoms with Crippen molar-refractivity contribution in [3.05, 3.63) is 78.1 Å². The third kappa shape index (κ3) is 3.80. The molecule has 4 rings (SSSR count). The van der Waals surface area contributed by atoms with Crippen molar-refractivity contribution in [2.75, 3.05) is 5.32 Å². The molecule has 0 atom stereocenters. The van der Waals surface area contributed by atoms with Crippen molar-refractivity contribution in [3.8, 4) is 10.6 Å². The summed E-state index contributed by atoms with van der Waals surface area (Å²) in [6.45, 7) is 6.48. The Balaban J connectivity index is 1.55. The van der Waals surface area contributed by atoms with Gasteiger partial charge in [0.25, 0.3) is 5.91 Å². The van der Waals surface area contributed by atoms with E-state index in [0.717, 1.165) is 26.5 Å². The zero-order chi connectivity index (χ0) is 19.7. The molecule has 0 aliphatic heterocycles. The van der Waals surface area contributed by atoms with E-state index in [9.17, 15) is 4.79 Å². The molecule has 0 aliphatic rings. The predicted octanol–water partition coefficient (Wildman–Crippen LogP) is 5.91. The normalized spacial score (nSPS) is 11.5. The van der Waals surface area contributed by atoms with Gasteiger partial charge >= 0.3 is 0 Å². The van der Waals surface area contributed by atoms with Gasteiger partial charge in [-0.25, -0.2) is 4.98 Å². The zero-order valence-corrected chi connectivity index (χ0v) is 16.9. The number of hydrogen-bond donors (Lipinski definition) is 1. The summed E-state index contributed by atoms with van der Waals surface area (Å²) in [7, 11) is 0. The minimum absolute atomic E-state index is 0.0656. The lowest BCUT2D eigenvalue weighted by atomic mass is 9.87. The van der Waals surface area contributed by atoms with E-state index in [0.29, 0.717) is 5.56 Å². The van der Waals surface area contributed by atoms with Crippen LogP contribution < -0.4 is 5.32 Å². The molecule has 0 bridgehead atoms. The second kappa shape index (κ2) is 7.17. The topological polar surface area (TPSA) is 54.9 Å². The number of amides is 1. The maximum atomic E-state index is 12.6. The summed E-state index contributed by atoms with van der Waals surface area (Å²) in [6.07, 6.45) is 3.57. The number of carbonyl (C=O) groups excluding carboxylic acids is 1. The molecule has 28 heavy (non-hydrogen) atoms. The average Bonchev–Trinajstić information content (AvgIpc) is 3.12. The number of nitrogens with one attached hydrogen (secondary N) is 1. The van der Waals surface area contributed by atoms with Crippen LogP contribution in [0.25, 0.3) is 20.8 Å². The molecule has 0 saturated carbocycles. The minimum Gasteiger partial charge on any atom is -0.322 e. The largest absolute Gasteiger partial charge is 0.322 e. The first-order valence-corrected chi connectivity index (χ1v) is 9.95. The summed E-state index contributed by atoms with van der Waals surface area (Å²) in [4.78, 5) is 21.4. The molecule has 0 saturated heterocycles. The first-order valence-electron chi connectivity index (χ1n) is 9.13. The maximum Gasteiger partial charge on any atom is 0.255 e. The number of benzene rings is 2. The highest BCUT2D eigenvalue weighted by Gasteiger charge is 2.14. The number of nitrogens with zero attached hydrogens (tertiary/aromatic N) is 2. The lowest BCUT2D eigenvalue weighted by molar-refractivity contribution is 0.102. The number of hydrogen-bond acceptors (Lipinski definition) is 4. The number of fused-ring (bicyclic) bond motifs is 1. The first kappa shape index (κ1) is 18.3. The third-order valence-corrected chi connectivity index (χ3v) is 5.63. The van der Waals surface area contributed by atoms with Gasteiger partial charge in [0.1, 0.15) is 5.01 Å². The van der Waals surface area contributed by atoms with Crippen LogP contribution in [0.2, 0.25) is 0 Å². The Bertz CT molecular complexity index is 1110. The number of thiazole rings is 1. The van der Waals surface area contributed by atoms with Crippen LogP contribution in [0, 0.1) is 0 Å². The number of pyridine rings is 1. The zero-order valence-electron chi connectivity index (χ0n) is 16.1. The fourth-order valence-corrected chi connectivity index (χ4v) is 3.89. The van der Waals surface area contributed by atoms with E-state index in [1.165, 1.54) is 5.56 Å². The molecule has 2 aromatic carbocycles. The summed E-state index contributed by atoms with van der Waals surface area (Å²) in [5.74, 6) is -0.119. The monoisotopic (exact) mass is 387 g/mol. The predicted molar refractivity (Wildman–Crippen MR) is 116 cm³/mol. The van der Waals surface area contributed by atoms with E-state index < -0.39 is 0 Å². The van der Waals surface area contributed by atoms with E-state index in [2.05, 4.69) is 36.1 Å². The summed E-state index contributed by atoms with van der Waals surface area (Å²) >= 11 is 1.59. The van der Waals surface area contributed by atoms with Crippen LogP contribution in [0.15, 0.2) is 67.0 Å². The van der Waals surface area contributed by atoms with Crippen LogP contribution in [0.4, 0.5) is 5.69 Å². The van der Waals surface area contributed by atoms with Crippen LogP contribution in [0.5, 0.6) is 0 Å². The van der Waals surface area contributed by atoms with Crippen molar-refractivity contribution >= 4 is 33.1 Å². The van der Waals surface area contributed by atoms with Crippen LogP contribution in [-0.4, -0.2) is 15.9 Å². The fraction of sp³-hybridized carbons (Fsp3) is 0.174. The molecule has 0 unspecified atom stereocenters. The number of rotatable bonds is 3. The smallest absolute Gasteiger partial charge is 0.255 e. The molecule has 0 fully saturated rings. The van der Waals surface area contributed by atoms with Crippen LogP contribution in [-0.2, 0) is 5.41 Å². The summed E-state index contributed by atoms with van der Waals surface area (Å²) in [5.41, 5.74) is 4.57. The van der Waals surface area contributed by atoms with Crippen molar-refractivity contribution in [1.29, 1.82) is 0 Å². The Morgan fingerprint density at radius 3 is 2.54 bits per heavy atom. The lowest BCUT2D eigenvalue weighted by Crippen LogP contribution is -2.14. The second-order valence-electron chi connectivity index (χ2n) is 7.72. The third-order valence-electron chi connectivity index (χ3n) is 4.57. The molecule has 4 aromatic rings. The van der Waals surface area contributed by atoms with Gasteiger partial charge in [0, 0.05) is 29.2 Å². The molecule has 0 aliphatic carbocycles. The summed E-state index contributed by atoms with van der Waals surface area (Å²) in [5, 5.41) is 3.90. The van der Waals surface area contributed by atoms with Crippen molar-refractivity contribution in [3.63, 3.8) is 0 Å². The molecule has 2 aromatic heterocycles. The van der Waals surface area contributed by atoms with Gasteiger partial charge in [-0.15, -0.1) is 11.3 Å². The Kier molecular flexibility index (Phi) is 4.69. The summed E-state index contributed by atoms with van der Waals surface area (Å²) < 4.78 is 1.05. The molecule has 2 heterocycles. The van der Waals surface area contributed by atoms with Crippen LogP contribution in [0.1, 0.15) is 36.7 Å². The van der Waals surface area contributed by atoms with Crippen LogP contribution in [0.3, 0.4) is 0 Å². The molecular weight excluding hydrogens is 366 g/mol. The second-order valence-corrected chi connectivity index (χ2v) is 8.76. The van der Waals surface area contributed by atoms with Gasteiger partial charge in [0.2, 0.25) is 0 Å². The van der Waals surface area contributed by atoms with Gasteiger partial charge in [-0.1, -0.05) is 45.0 Å². The van der Waals surface area contributed by atoms with E-state index in [1.54, 1.807) is 17.5 Å². The van der Waals surface area contributed by atoms with Gasteiger partial charge in [-0.3, -0.25) is 9.78 Å². The highest BCUT2D eigenvalue weighted by atomic mass is 32.1. The van der Waals surface area contributed by atoms with E-state index in [-0.39, 0.29) is 11.3 Å². The first-order chi connectivity index (χ1) is 13.4. The Morgan fingerprint density at radius 2 is 1.82 bits per heavy atom. The SMILES string of the molecule is CC(C)(C)c1ccc(C(=O)Nc2cccc(-c3nc4ccncc4s3)c2)cc1. The van der Waals surface area contributed by atoms with Crippen molar-refractivity contribution in [1.82, 2.24) is 9.97 Å². The lowest BCUT2D eigenvalue weighted by Gasteiger charge is -2.19. The van der Waals surface area contributed by atoms with Crippen molar-refractivity contribution in [2.24, 2.45) is 0 Å². The standard InChI is InChI=1S/C23H21N3OS/c1-23(2,3)17-9-7-15(8-10-17)21(27)25-18-6-4-5-16(13-18)22-26-19-11-12-24-14-20(19)28-22/h4-14H,1-3H3,(H,25,27). The van der Waals surface area contributed by atoms with Crippen molar-refractivity contribution < 1.29 is 4.79 Å². The molecular formula is C23H21N3OS. The number of carbonyl (C=O) groups is 1. The highest BCUT2D eigenvalue weighted by Crippen LogP contribution is 2.31. The van der Waals surface area contributed by atoms with Gasteiger partial charge in [-0.05, 0) is 41.3 Å². The number of aromatic nitrogens is 2. The maximum absolute atomic E-state index is 12.6. The quantitative estimate of drug-likeness (QED) is 0.475. The molecule has 5 heteroatoms. The molecule has 1 N–H and O–H groups in total. The van der Waals surface area contributed by atoms with E-state index in [4.69, 9.17) is 0 Å². The van der Waals surface area contributed by atoms with Crippen LogP contribution >= 0.6 is 11.3 Å². The van der Waals surface area contributed by atoms with Crippen molar-refractivity contribution in [2.45, 2.75) is 26.2 Å². The minimum atomic E-state index is -0.119.